The van der Waals surface area contributed by atoms with Crippen LogP contribution in [0.5, 0.6) is 0 Å². The van der Waals surface area contributed by atoms with Crippen LogP contribution in [0.3, 0.4) is 0 Å². The Balaban J connectivity index is 1.41. The molecule has 7 nitrogen and oxygen atoms in total. The number of hydrogen-bond acceptors (Lipinski definition) is 5. The molecule has 1 fully saturated rings. The molecule has 0 aliphatic carbocycles. The van der Waals surface area contributed by atoms with Gasteiger partial charge in [-0.25, -0.2) is 9.37 Å². The Bertz CT molecular complexity index is 1370. The number of pyridine rings is 1. The Labute approximate surface area is 219 Å². The van der Waals surface area contributed by atoms with E-state index in [0.717, 1.165) is 11.1 Å². The zero-order valence-corrected chi connectivity index (χ0v) is 21.1. The van der Waals surface area contributed by atoms with Crippen molar-refractivity contribution < 1.29 is 14.0 Å². The van der Waals surface area contributed by atoms with E-state index in [4.69, 9.17) is 22.7 Å². The van der Waals surface area contributed by atoms with Crippen LogP contribution in [0.1, 0.15) is 45.2 Å². The molecule has 1 saturated heterocycles. The van der Waals surface area contributed by atoms with Gasteiger partial charge in [0.15, 0.2) is 0 Å². The number of benzene rings is 2. The maximum Gasteiger partial charge on any atom is 0.255 e. The smallest absolute Gasteiger partial charge is 0.255 e. The van der Waals surface area contributed by atoms with Crippen molar-refractivity contribution in [1.29, 1.82) is 5.41 Å². The second kappa shape index (κ2) is 11.3. The number of likely N-dealkylation sites (tertiary alicyclic amines) is 1. The average molecular weight is 520 g/mol. The highest BCUT2D eigenvalue weighted by Gasteiger charge is 2.29. The monoisotopic (exact) mass is 519 g/mol. The predicted octanol–water partition coefficient (Wildman–Crippen LogP) is 5.15. The number of rotatable bonds is 7. The maximum atomic E-state index is 13.1. The van der Waals surface area contributed by atoms with Crippen LogP contribution in [-0.2, 0) is 6.67 Å². The number of carbonyl (C=O) groups is 2. The van der Waals surface area contributed by atoms with Crippen LogP contribution in [0.25, 0.3) is 16.7 Å². The molecule has 4 rings (SSSR count). The summed E-state index contributed by atoms with van der Waals surface area (Å²) >= 11 is 6.30. The molecule has 1 atom stereocenters. The van der Waals surface area contributed by atoms with Gasteiger partial charge in [-0.3, -0.25) is 9.59 Å². The highest BCUT2D eigenvalue weighted by molar-refractivity contribution is 6.33. The lowest BCUT2D eigenvalue weighted by molar-refractivity contribution is 0.0783. The number of nitrogens with two attached hydrogens (primary N) is 1. The third-order valence-electron chi connectivity index (χ3n) is 6.40. The Morgan fingerprint density at radius 3 is 2.62 bits per heavy atom. The number of allylic oxidation sites excluding steroid dienone is 2. The number of hydrogen-bond donors (Lipinski definition) is 3. The van der Waals surface area contributed by atoms with E-state index in [1.165, 1.54) is 12.4 Å². The SMILES string of the molecule is C/C=C(\C=N)c1cnc(N)c(C(=O)N[C@@H]2CCN(C(=O)c3ccc(-c4ccc(CF)cc4Cl)cc3)C2)c1. The molecule has 2 amide bonds. The Hall–Kier alpha value is -4.04. The first kappa shape index (κ1) is 26.0. The first-order chi connectivity index (χ1) is 17.8. The highest BCUT2D eigenvalue weighted by atomic mass is 35.5. The number of carbonyl (C=O) groups excluding carboxylic acids is 2. The van der Waals surface area contributed by atoms with Crippen molar-refractivity contribution in [3.8, 4) is 11.1 Å². The number of nitrogens with one attached hydrogen (secondary N) is 2. The summed E-state index contributed by atoms with van der Waals surface area (Å²) in [7, 11) is 0. The molecular weight excluding hydrogens is 493 g/mol. The predicted molar refractivity (Wildman–Crippen MR) is 145 cm³/mol. The minimum atomic E-state index is -0.580. The van der Waals surface area contributed by atoms with Crippen molar-refractivity contribution in [3.05, 3.63) is 88.1 Å². The largest absolute Gasteiger partial charge is 0.383 e. The average Bonchev–Trinajstić information content (AvgIpc) is 3.38. The number of alkyl halides is 1. The molecule has 9 heteroatoms. The molecule has 0 radical (unpaired) electrons. The van der Waals surface area contributed by atoms with E-state index in [-0.39, 0.29) is 29.2 Å². The van der Waals surface area contributed by atoms with Crippen LogP contribution in [0, 0.1) is 5.41 Å². The number of anilines is 1. The summed E-state index contributed by atoms with van der Waals surface area (Å²) in [4.78, 5) is 31.8. The zero-order chi connectivity index (χ0) is 26.5. The van der Waals surface area contributed by atoms with Gasteiger partial charge in [0.05, 0.1) is 5.56 Å². The van der Waals surface area contributed by atoms with Gasteiger partial charge in [-0.05, 0) is 54.3 Å². The summed E-state index contributed by atoms with van der Waals surface area (Å²) in [5.74, 6) is -0.396. The standard InChI is InChI=1S/C28H27ClFN5O2/c1-2-18(14-31)21-12-24(26(32)33-15-21)27(36)34-22-9-10-35(16-22)28(37)20-6-4-19(5-7-20)23-8-3-17(13-30)11-25(23)29/h2-8,11-12,14-15,22,31H,9-10,13,16H2,1H3,(H2,32,33)(H,34,36)/b18-2+,31-14?/t22-/m1/s1. The lowest BCUT2D eigenvalue weighted by atomic mass is 10.0. The van der Waals surface area contributed by atoms with Gasteiger partial charge >= 0.3 is 0 Å². The van der Waals surface area contributed by atoms with Gasteiger partial charge in [0, 0.05) is 53.3 Å². The first-order valence-corrected chi connectivity index (χ1v) is 12.2. The first-order valence-electron chi connectivity index (χ1n) is 11.8. The fraction of sp³-hybridized carbons (Fsp3) is 0.214. The minimum Gasteiger partial charge on any atom is -0.383 e. The van der Waals surface area contributed by atoms with Gasteiger partial charge in [0.25, 0.3) is 11.8 Å². The molecule has 0 saturated carbocycles. The third kappa shape index (κ3) is 5.70. The van der Waals surface area contributed by atoms with Crippen molar-refractivity contribution >= 4 is 41.0 Å². The summed E-state index contributed by atoms with van der Waals surface area (Å²) in [5.41, 5.74) is 10.1. The molecule has 1 aliphatic heterocycles. The molecule has 1 aliphatic rings. The second-order valence-corrected chi connectivity index (χ2v) is 9.19. The third-order valence-corrected chi connectivity index (χ3v) is 6.72. The molecule has 190 valence electrons. The van der Waals surface area contributed by atoms with Crippen LogP contribution in [0.4, 0.5) is 10.2 Å². The summed E-state index contributed by atoms with van der Waals surface area (Å²) in [6, 6.07) is 13.6. The minimum absolute atomic E-state index is 0.104. The number of amides is 2. The van der Waals surface area contributed by atoms with Crippen LogP contribution < -0.4 is 11.1 Å². The molecule has 3 aromatic rings. The fourth-order valence-corrected chi connectivity index (χ4v) is 4.64. The summed E-state index contributed by atoms with van der Waals surface area (Å²) in [6.07, 6.45) is 5.09. The van der Waals surface area contributed by atoms with Crippen molar-refractivity contribution in [2.75, 3.05) is 18.8 Å². The van der Waals surface area contributed by atoms with Crippen LogP contribution in [0.15, 0.2) is 60.8 Å². The highest BCUT2D eigenvalue weighted by Crippen LogP contribution is 2.29. The van der Waals surface area contributed by atoms with Crippen molar-refractivity contribution in [2.45, 2.75) is 26.1 Å². The van der Waals surface area contributed by atoms with Crippen LogP contribution >= 0.6 is 11.6 Å². The van der Waals surface area contributed by atoms with Crippen molar-refractivity contribution in [2.24, 2.45) is 0 Å². The zero-order valence-electron chi connectivity index (χ0n) is 20.3. The lowest BCUT2D eigenvalue weighted by Crippen LogP contribution is -2.38. The van der Waals surface area contributed by atoms with E-state index >= 15 is 0 Å². The van der Waals surface area contributed by atoms with Gasteiger partial charge in [-0.2, -0.15) is 0 Å². The van der Waals surface area contributed by atoms with E-state index in [0.29, 0.717) is 46.8 Å². The maximum absolute atomic E-state index is 13.1. The normalized spacial score (nSPS) is 15.5. The molecule has 4 N–H and O–H groups in total. The van der Waals surface area contributed by atoms with Gasteiger partial charge in [-0.1, -0.05) is 41.9 Å². The van der Waals surface area contributed by atoms with Gasteiger partial charge in [0.2, 0.25) is 0 Å². The van der Waals surface area contributed by atoms with E-state index in [1.807, 2.05) is 12.1 Å². The molecular formula is C28H27ClFN5O2. The molecule has 37 heavy (non-hydrogen) atoms. The summed E-state index contributed by atoms with van der Waals surface area (Å²) in [5, 5.41) is 10.9. The Morgan fingerprint density at radius 1 is 1.22 bits per heavy atom. The number of nitrogen functional groups attached to an aromatic ring is 1. The van der Waals surface area contributed by atoms with Gasteiger partial charge in [-0.15, -0.1) is 0 Å². The van der Waals surface area contributed by atoms with Crippen LogP contribution in [0.2, 0.25) is 5.02 Å². The van der Waals surface area contributed by atoms with Crippen LogP contribution in [-0.4, -0.2) is 47.0 Å². The molecule has 0 bridgehead atoms. The number of halogens is 2. The number of aromatic nitrogens is 1. The second-order valence-electron chi connectivity index (χ2n) is 8.78. The Morgan fingerprint density at radius 2 is 1.97 bits per heavy atom. The molecule has 0 unspecified atom stereocenters. The van der Waals surface area contributed by atoms with E-state index in [9.17, 15) is 14.0 Å². The lowest BCUT2D eigenvalue weighted by Gasteiger charge is -2.18. The summed E-state index contributed by atoms with van der Waals surface area (Å²) < 4.78 is 12.9. The van der Waals surface area contributed by atoms with E-state index in [2.05, 4.69) is 10.3 Å². The van der Waals surface area contributed by atoms with Crippen molar-refractivity contribution in [1.82, 2.24) is 15.2 Å². The van der Waals surface area contributed by atoms with E-state index < -0.39 is 6.67 Å². The fourth-order valence-electron chi connectivity index (χ4n) is 4.32. The topological polar surface area (TPSA) is 112 Å². The Kier molecular flexibility index (Phi) is 7.98. The summed E-state index contributed by atoms with van der Waals surface area (Å²) in [6.45, 7) is 2.10. The molecule has 2 heterocycles. The molecule has 1 aromatic heterocycles. The van der Waals surface area contributed by atoms with Crippen molar-refractivity contribution in [3.63, 3.8) is 0 Å². The quantitative estimate of drug-likeness (QED) is 0.375. The molecule has 0 spiro atoms. The van der Waals surface area contributed by atoms with Gasteiger partial charge < -0.3 is 21.4 Å². The molecule has 2 aromatic carbocycles. The van der Waals surface area contributed by atoms with Gasteiger partial charge in [0.1, 0.15) is 12.5 Å². The van der Waals surface area contributed by atoms with E-state index in [1.54, 1.807) is 54.3 Å². The number of nitrogens with zero attached hydrogens (tertiary/aromatic N) is 2.